The molecule has 2 rings (SSSR count). The van der Waals surface area contributed by atoms with Gasteiger partial charge < -0.3 is 14.6 Å². The van der Waals surface area contributed by atoms with Crippen molar-refractivity contribution < 1.29 is 14.6 Å². The molecule has 84 valence electrons. The van der Waals surface area contributed by atoms with Gasteiger partial charge in [0, 0.05) is 0 Å². The highest BCUT2D eigenvalue weighted by Gasteiger charge is 2.29. The fourth-order valence-corrected chi connectivity index (χ4v) is 1.04. The van der Waals surface area contributed by atoms with Crippen LogP contribution in [0, 0.1) is 0 Å². The second-order valence-corrected chi connectivity index (χ2v) is 3.40. The molecule has 0 aromatic heterocycles. The fourth-order valence-electron chi connectivity index (χ4n) is 1.04. The first-order valence-corrected chi connectivity index (χ1v) is 5.41. The van der Waals surface area contributed by atoms with E-state index in [1.807, 2.05) is 6.92 Å². The van der Waals surface area contributed by atoms with Crippen LogP contribution in [0.5, 0.6) is 23.0 Å². The Kier molecular flexibility index (Phi) is 4.28. The Balaban J connectivity index is 0.000000337. The van der Waals surface area contributed by atoms with Gasteiger partial charge in [-0.1, -0.05) is 27.2 Å². The third-order valence-electron chi connectivity index (χ3n) is 1.68. The lowest BCUT2D eigenvalue weighted by Gasteiger charge is -2.00. The normalized spacial score (nSPS) is 10.6. The molecule has 0 radical (unpaired) electrons. The van der Waals surface area contributed by atoms with Crippen LogP contribution in [-0.2, 0) is 0 Å². The smallest absolute Gasteiger partial charge is 0.216 e. The van der Waals surface area contributed by atoms with E-state index in [1.54, 1.807) is 12.1 Å². The van der Waals surface area contributed by atoms with Crippen molar-refractivity contribution in [2.24, 2.45) is 0 Å². The third-order valence-corrected chi connectivity index (χ3v) is 1.68. The van der Waals surface area contributed by atoms with Gasteiger partial charge in [-0.25, -0.2) is 0 Å². The zero-order valence-corrected chi connectivity index (χ0v) is 9.54. The average molecular weight is 210 g/mol. The third kappa shape index (κ3) is 3.05. The summed E-state index contributed by atoms with van der Waals surface area (Å²) in [6, 6.07) is 3.30. The molecule has 0 fully saturated rings. The molecule has 0 unspecified atom stereocenters. The van der Waals surface area contributed by atoms with Crippen LogP contribution in [0.4, 0.5) is 0 Å². The summed E-state index contributed by atoms with van der Waals surface area (Å²) in [6.07, 6.45) is 2.22. The number of hydrogen-bond donors (Lipinski definition) is 1. The SMILES string of the molecule is CCC.CCCOc1ccc(O)c2c1O2. The molecule has 0 saturated heterocycles. The van der Waals surface area contributed by atoms with E-state index in [0.29, 0.717) is 18.1 Å². The standard InChI is InChI=1S/C9H10O3.C3H8/c1-2-5-11-7-4-3-6(10)8-9(7)12-8;1-3-2/h3-4,10H,2,5H2,1H3;3H2,1-2H3. The number of benzene rings is 1. The first-order chi connectivity index (χ1) is 7.24. The van der Waals surface area contributed by atoms with E-state index in [-0.39, 0.29) is 5.75 Å². The van der Waals surface area contributed by atoms with E-state index in [2.05, 4.69) is 13.8 Å². The van der Waals surface area contributed by atoms with Gasteiger partial charge in [-0.05, 0) is 18.6 Å². The summed E-state index contributed by atoms with van der Waals surface area (Å²) in [6.45, 7) is 6.97. The summed E-state index contributed by atoms with van der Waals surface area (Å²) in [5.41, 5.74) is 0. The highest BCUT2D eigenvalue weighted by molar-refractivity contribution is 5.69. The summed E-state index contributed by atoms with van der Waals surface area (Å²) in [5, 5.41) is 9.14. The van der Waals surface area contributed by atoms with Gasteiger partial charge in [-0.2, -0.15) is 0 Å². The molecule has 1 aliphatic heterocycles. The number of hydrogen-bond acceptors (Lipinski definition) is 3. The molecule has 1 N–H and O–H groups in total. The number of fused-ring (bicyclic) bond motifs is 1. The van der Waals surface area contributed by atoms with E-state index >= 15 is 0 Å². The highest BCUT2D eigenvalue weighted by atomic mass is 16.6. The number of ether oxygens (including phenoxy) is 2. The molecule has 3 nitrogen and oxygen atoms in total. The first kappa shape index (κ1) is 11.7. The minimum absolute atomic E-state index is 0.189. The van der Waals surface area contributed by atoms with Gasteiger partial charge in [-0.3, -0.25) is 0 Å². The Morgan fingerprint density at radius 3 is 2.47 bits per heavy atom. The predicted octanol–water partition coefficient (Wildman–Crippen LogP) is 3.70. The highest BCUT2D eigenvalue weighted by Crippen LogP contribution is 2.57. The van der Waals surface area contributed by atoms with Crippen molar-refractivity contribution in [2.75, 3.05) is 6.61 Å². The van der Waals surface area contributed by atoms with Crippen LogP contribution in [0.15, 0.2) is 12.1 Å². The maximum atomic E-state index is 9.14. The Labute approximate surface area is 90.6 Å². The lowest BCUT2D eigenvalue weighted by molar-refractivity contribution is 0.314. The molecule has 0 bridgehead atoms. The molecule has 1 aromatic rings. The van der Waals surface area contributed by atoms with Crippen LogP contribution >= 0.6 is 0 Å². The molecule has 0 aliphatic carbocycles. The average Bonchev–Trinajstić information content (AvgIpc) is 2.99. The van der Waals surface area contributed by atoms with Gasteiger partial charge in [0.15, 0.2) is 11.5 Å². The van der Waals surface area contributed by atoms with Crippen LogP contribution in [0.2, 0.25) is 0 Å². The Morgan fingerprint density at radius 1 is 1.20 bits per heavy atom. The molecule has 1 heterocycles. The maximum absolute atomic E-state index is 9.14. The molecule has 0 atom stereocenters. The molecule has 3 heteroatoms. The summed E-state index contributed by atoms with van der Waals surface area (Å²) < 4.78 is 10.4. The number of aromatic hydroxyl groups is 1. The van der Waals surface area contributed by atoms with Crippen molar-refractivity contribution in [3.8, 4) is 23.0 Å². The topological polar surface area (TPSA) is 42.0 Å². The van der Waals surface area contributed by atoms with Crippen LogP contribution in [-0.4, -0.2) is 11.7 Å². The van der Waals surface area contributed by atoms with Crippen molar-refractivity contribution >= 4 is 0 Å². The van der Waals surface area contributed by atoms with Gasteiger partial charge in [0.1, 0.15) is 0 Å². The minimum atomic E-state index is 0.189. The van der Waals surface area contributed by atoms with Crippen LogP contribution in [0.3, 0.4) is 0 Å². The van der Waals surface area contributed by atoms with Crippen molar-refractivity contribution in [1.29, 1.82) is 0 Å². The van der Waals surface area contributed by atoms with Gasteiger partial charge in [0.25, 0.3) is 0 Å². The van der Waals surface area contributed by atoms with Crippen molar-refractivity contribution in [2.45, 2.75) is 33.6 Å². The van der Waals surface area contributed by atoms with Crippen molar-refractivity contribution in [1.82, 2.24) is 0 Å². The zero-order chi connectivity index (χ0) is 11.3. The first-order valence-electron chi connectivity index (χ1n) is 5.41. The summed E-state index contributed by atoms with van der Waals surface area (Å²) in [4.78, 5) is 0. The van der Waals surface area contributed by atoms with Gasteiger partial charge in [0.2, 0.25) is 11.5 Å². The molecule has 0 saturated carbocycles. The molecule has 1 aromatic carbocycles. The van der Waals surface area contributed by atoms with E-state index in [1.165, 1.54) is 6.42 Å². The molecule has 1 aliphatic rings. The fraction of sp³-hybridized carbons (Fsp3) is 0.500. The van der Waals surface area contributed by atoms with Gasteiger partial charge in [0.05, 0.1) is 6.61 Å². The van der Waals surface area contributed by atoms with Crippen molar-refractivity contribution in [3.05, 3.63) is 12.1 Å². The van der Waals surface area contributed by atoms with Crippen LogP contribution in [0.25, 0.3) is 0 Å². The Hall–Kier alpha value is -1.38. The monoisotopic (exact) mass is 210 g/mol. The quantitative estimate of drug-likeness (QED) is 0.785. The van der Waals surface area contributed by atoms with Crippen LogP contribution < -0.4 is 9.47 Å². The summed E-state index contributed by atoms with van der Waals surface area (Å²) in [5.74, 6) is 2.16. The van der Waals surface area contributed by atoms with Gasteiger partial charge >= 0.3 is 0 Å². The predicted molar refractivity (Wildman–Crippen MR) is 59.9 cm³/mol. The van der Waals surface area contributed by atoms with E-state index in [4.69, 9.17) is 14.6 Å². The van der Waals surface area contributed by atoms with Gasteiger partial charge in [-0.15, -0.1) is 0 Å². The van der Waals surface area contributed by atoms with Crippen molar-refractivity contribution in [3.63, 3.8) is 0 Å². The number of rotatable bonds is 3. The molecule has 0 spiro atoms. The van der Waals surface area contributed by atoms with E-state index in [0.717, 1.165) is 12.2 Å². The molecular formula is C12H18O3. The number of phenolic OH excluding ortho intramolecular Hbond substituents is 1. The molecule has 15 heavy (non-hydrogen) atoms. The van der Waals surface area contributed by atoms with E-state index in [9.17, 15) is 0 Å². The summed E-state index contributed by atoms with van der Waals surface area (Å²) in [7, 11) is 0. The minimum Gasteiger partial charge on any atom is -0.504 e. The second kappa shape index (κ2) is 5.49. The Bertz CT molecular complexity index is 321. The Morgan fingerprint density at radius 2 is 1.87 bits per heavy atom. The number of phenols is 1. The van der Waals surface area contributed by atoms with Crippen LogP contribution in [0.1, 0.15) is 33.6 Å². The van der Waals surface area contributed by atoms with E-state index < -0.39 is 0 Å². The lowest BCUT2D eigenvalue weighted by atomic mass is 10.3. The second-order valence-electron chi connectivity index (χ2n) is 3.40. The maximum Gasteiger partial charge on any atom is 0.216 e. The molecule has 0 amide bonds. The lowest BCUT2D eigenvalue weighted by Crippen LogP contribution is -1.93. The molecular weight excluding hydrogens is 192 g/mol. The largest absolute Gasteiger partial charge is 0.504 e. The zero-order valence-electron chi connectivity index (χ0n) is 9.54. The summed E-state index contributed by atoms with van der Waals surface area (Å²) >= 11 is 0.